The molecule has 124 valence electrons. The smallest absolute Gasteiger partial charge is 0.328 e. The van der Waals surface area contributed by atoms with Crippen molar-refractivity contribution in [3.05, 3.63) is 36.5 Å². The van der Waals surface area contributed by atoms with Crippen LogP contribution in [0.5, 0.6) is 0 Å². The summed E-state index contributed by atoms with van der Waals surface area (Å²) in [6.45, 7) is 2.27. The lowest BCUT2D eigenvalue weighted by molar-refractivity contribution is -0.131. The van der Waals surface area contributed by atoms with E-state index in [1.807, 2.05) is 6.08 Å². The lowest BCUT2D eigenvalue weighted by Crippen LogP contribution is -2.04. The molecule has 0 bridgehead atoms. The molecule has 22 heavy (non-hydrogen) atoms. The SMILES string of the molecule is CCCCCCCC[C@H]1CCC[C@@H]1C=CC=C/C=C/C(=O)O. The number of hydrogen-bond donors (Lipinski definition) is 1. The third-order valence-corrected chi connectivity index (χ3v) is 4.58. The van der Waals surface area contributed by atoms with Crippen molar-refractivity contribution < 1.29 is 9.90 Å². The molecule has 0 amide bonds. The topological polar surface area (TPSA) is 37.3 Å². The minimum Gasteiger partial charge on any atom is -0.478 e. The van der Waals surface area contributed by atoms with Crippen LogP contribution in [0.4, 0.5) is 0 Å². The van der Waals surface area contributed by atoms with E-state index >= 15 is 0 Å². The molecule has 1 fully saturated rings. The van der Waals surface area contributed by atoms with Crippen LogP contribution in [0.15, 0.2) is 36.5 Å². The summed E-state index contributed by atoms with van der Waals surface area (Å²) in [4.78, 5) is 10.3. The second-order valence-electron chi connectivity index (χ2n) is 6.38. The number of carboxylic acid groups (broad SMARTS) is 1. The lowest BCUT2D eigenvalue weighted by Gasteiger charge is -2.15. The highest BCUT2D eigenvalue weighted by Crippen LogP contribution is 2.36. The van der Waals surface area contributed by atoms with Crippen LogP contribution in [-0.2, 0) is 4.79 Å². The van der Waals surface area contributed by atoms with Crippen LogP contribution >= 0.6 is 0 Å². The van der Waals surface area contributed by atoms with Crippen LogP contribution in [-0.4, -0.2) is 11.1 Å². The van der Waals surface area contributed by atoms with Crippen molar-refractivity contribution in [1.29, 1.82) is 0 Å². The van der Waals surface area contributed by atoms with Gasteiger partial charge in [-0.05, 0) is 31.1 Å². The maximum atomic E-state index is 10.3. The van der Waals surface area contributed by atoms with Gasteiger partial charge < -0.3 is 5.11 Å². The summed E-state index contributed by atoms with van der Waals surface area (Å²) >= 11 is 0. The molecule has 1 saturated carbocycles. The molecule has 0 radical (unpaired) electrons. The molecule has 0 aromatic heterocycles. The van der Waals surface area contributed by atoms with Crippen LogP contribution in [0.1, 0.15) is 71.1 Å². The van der Waals surface area contributed by atoms with Crippen LogP contribution < -0.4 is 0 Å². The van der Waals surface area contributed by atoms with Gasteiger partial charge in [0, 0.05) is 6.08 Å². The van der Waals surface area contributed by atoms with E-state index < -0.39 is 5.97 Å². The monoisotopic (exact) mass is 304 g/mol. The number of aliphatic carboxylic acids is 1. The summed E-state index contributed by atoms with van der Waals surface area (Å²) in [7, 11) is 0. The third-order valence-electron chi connectivity index (χ3n) is 4.58. The van der Waals surface area contributed by atoms with E-state index in [-0.39, 0.29) is 0 Å². The van der Waals surface area contributed by atoms with Gasteiger partial charge in [0.1, 0.15) is 0 Å². The Labute approximate surface area is 136 Å². The standard InChI is InChI=1S/C20H32O2/c1-2-3-4-5-6-9-13-18-15-12-16-19(18)14-10-7-8-11-17-20(21)22/h7-8,10-11,14,17-19H,2-6,9,12-13,15-16H2,1H3,(H,21,22)/b8-7?,14-10?,17-11+/t18-,19-/m0/s1. The molecule has 0 spiro atoms. The van der Waals surface area contributed by atoms with Crippen molar-refractivity contribution >= 4 is 5.97 Å². The maximum Gasteiger partial charge on any atom is 0.328 e. The van der Waals surface area contributed by atoms with E-state index in [9.17, 15) is 4.79 Å². The predicted molar refractivity (Wildman–Crippen MR) is 93.9 cm³/mol. The van der Waals surface area contributed by atoms with Gasteiger partial charge in [0.2, 0.25) is 0 Å². The van der Waals surface area contributed by atoms with Gasteiger partial charge in [-0.3, -0.25) is 0 Å². The average molecular weight is 304 g/mol. The largest absolute Gasteiger partial charge is 0.478 e. The van der Waals surface area contributed by atoms with Crippen LogP contribution in [0.25, 0.3) is 0 Å². The quantitative estimate of drug-likeness (QED) is 0.293. The van der Waals surface area contributed by atoms with Crippen LogP contribution in [0.3, 0.4) is 0 Å². The molecule has 2 atom stereocenters. The minimum atomic E-state index is -0.900. The average Bonchev–Trinajstić information content (AvgIpc) is 2.93. The highest BCUT2D eigenvalue weighted by molar-refractivity contribution is 5.80. The summed E-state index contributed by atoms with van der Waals surface area (Å²) < 4.78 is 0. The second kappa shape index (κ2) is 12.3. The van der Waals surface area contributed by atoms with E-state index in [0.29, 0.717) is 0 Å². The van der Waals surface area contributed by atoms with Crippen molar-refractivity contribution in [1.82, 2.24) is 0 Å². The number of carbonyl (C=O) groups is 1. The summed E-state index contributed by atoms with van der Waals surface area (Å²) in [5.74, 6) is 0.692. The van der Waals surface area contributed by atoms with Gasteiger partial charge in [0.05, 0.1) is 0 Å². The summed E-state index contributed by atoms with van der Waals surface area (Å²) in [6, 6.07) is 0. The molecule has 0 aromatic rings. The van der Waals surface area contributed by atoms with Gasteiger partial charge >= 0.3 is 5.97 Å². The maximum absolute atomic E-state index is 10.3. The van der Waals surface area contributed by atoms with Crippen molar-refractivity contribution in [2.45, 2.75) is 71.1 Å². The predicted octanol–water partition coefficient (Wildman–Crippen LogP) is 5.91. The molecule has 2 heteroatoms. The molecule has 0 heterocycles. The normalized spacial score (nSPS) is 22.4. The Bertz CT molecular complexity index is 379. The third kappa shape index (κ3) is 8.86. The number of unbranched alkanes of at least 4 members (excludes halogenated alkanes) is 5. The van der Waals surface area contributed by atoms with Crippen LogP contribution in [0, 0.1) is 11.8 Å². The van der Waals surface area contributed by atoms with E-state index in [4.69, 9.17) is 5.11 Å². The van der Waals surface area contributed by atoms with E-state index in [1.54, 1.807) is 12.2 Å². The molecular weight excluding hydrogens is 272 g/mol. The van der Waals surface area contributed by atoms with Gasteiger partial charge in [0.15, 0.2) is 0 Å². The Hall–Kier alpha value is -1.31. The molecule has 1 aliphatic carbocycles. The Morgan fingerprint density at radius 3 is 2.50 bits per heavy atom. The van der Waals surface area contributed by atoms with Crippen molar-refractivity contribution in [2.75, 3.05) is 0 Å². The lowest BCUT2D eigenvalue weighted by atomic mass is 9.90. The molecule has 0 aliphatic heterocycles. The Balaban J connectivity index is 2.20. The van der Waals surface area contributed by atoms with Crippen molar-refractivity contribution in [3.63, 3.8) is 0 Å². The Morgan fingerprint density at radius 1 is 1.00 bits per heavy atom. The Kier molecular flexibility index (Phi) is 10.4. The zero-order chi connectivity index (χ0) is 16.0. The molecule has 2 nitrogen and oxygen atoms in total. The summed E-state index contributed by atoms with van der Waals surface area (Å²) in [5, 5.41) is 8.49. The van der Waals surface area contributed by atoms with Crippen molar-refractivity contribution in [3.8, 4) is 0 Å². The Morgan fingerprint density at radius 2 is 1.73 bits per heavy atom. The molecular formula is C20H32O2. The first-order valence-corrected chi connectivity index (χ1v) is 8.98. The van der Waals surface area contributed by atoms with Gasteiger partial charge in [-0.1, -0.05) is 82.2 Å². The zero-order valence-corrected chi connectivity index (χ0v) is 14.0. The van der Waals surface area contributed by atoms with Gasteiger partial charge in [-0.25, -0.2) is 4.79 Å². The van der Waals surface area contributed by atoms with Gasteiger partial charge in [-0.15, -0.1) is 0 Å². The zero-order valence-electron chi connectivity index (χ0n) is 14.0. The first-order chi connectivity index (χ1) is 10.7. The van der Waals surface area contributed by atoms with E-state index in [1.165, 1.54) is 64.2 Å². The van der Waals surface area contributed by atoms with Crippen molar-refractivity contribution in [2.24, 2.45) is 11.8 Å². The molecule has 0 saturated heterocycles. The molecule has 1 aliphatic rings. The molecule has 1 N–H and O–H groups in total. The summed E-state index contributed by atoms with van der Waals surface area (Å²) in [6.07, 6.45) is 24.6. The first kappa shape index (κ1) is 18.7. The fourth-order valence-electron chi connectivity index (χ4n) is 3.34. The van der Waals surface area contributed by atoms with E-state index in [2.05, 4.69) is 19.1 Å². The highest BCUT2D eigenvalue weighted by atomic mass is 16.4. The number of carboxylic acids is 1. The molecule has 0 aromatic carbocycles. The van der Waals surface area contributed by atoms with E-state index in [0.717, 1.165) is 17.9 Å². The fraction of sp³-hybridized carbons (Fsp3) is 0.650. The van der Waals surface area contributed by atoms with Gasteiger partial charge in [0.25, 0.3) is 0 Å². The summed E-state index contributed by atoms with van der Waals surface area (Å²) in [5.41, 5.74) is 0. The fourth-order valence-corrected chi connectivity index (χ4v) is 3.34. The van der Waals surface area contributed by atoms with Crippen LogP contribution in [0.2, 0.25) is 0 Å². The highest BCUT2D eigenvalue weighted by Gasteiger charge is 2.24. The second-order valence-corrected chi connectivity index (χ2v) is 6.38. The van der Waals surface area contributed by atoms with Gasteiger partial charge in [-0.2, -0.15) is 0 Å². The molecule has 0 unspecified atom stereocenters. The minimum absolute atomic E-state index is 0.726. The number of allylic oxidation sites excluding steroid dienone is 5. The first-order valence-electron chi connectivity index (χ1n) is 8.98. The number of hydrogen-bond acceptors (Lipinski definition) is 1. The number of rotatable bonds is 11. The molecule has 1 rings (SSSR count).